The van der Waals surface area contributed by atoms with Crippen LogP contribution in [0.25, 0.3) is 22.4 Å². The fourth-order valence-corrected chi connectivity index (χ4v) is 3.06. The van der Waals surface area contributed by atoms with E-state index < -0.39 is 0 Å². The molecule has 0 bridgehead atoms. The maximum Gasteiger partial charge on any atom is 0.268 e. The van der Waals surface area contributed by atoms with Crippen molar-refractivity contribution in [1.82, 2.24) is 20.4 Å². The predicted octanol–water partition coefficient (Wildman–Crippen LogP) is 3.86. The minimum absolute atomic E-state index is 0.175. The van der Waals surface area contributed by atoms with Crippen LogP contribution in [0, 0.1) is 6.92 Å². The molecule has 142 valence electrons. The number of nitrogens with one attached hydrogen (secondary N) is 2. The lowest BCUT2D eigenvalue weighted by Crippen LogP contribution is -2.24. The van der Waals surface area contributed by atoms with Gasteiger partial charge in [0.1, 0.15) is 11.4 Å². The van der Waals surface area contributed by atoms with E-state index in [4.69, 9.17) is 9.26 Å². The number of fused-ring (bicyclic) bond motifs is 1. The van der Waals surface area contributed by atoms with Crippen LogP contribution in [0.2, 0.25) is 0 Å². The van der Waals surface area contributed by atoms with Gasteiger partial charge in [0.15, 0.2) is 5.82 Å². The largest absolute Gasteiger partial charge is 0.494 e. The minimum Gasteiger partial charge on any atom is -0.494 e. The van der Waals surface area contributed by atoms with Crippen LogP contribution in [-0.4, -0.2) is 27.6 Å². The second-order valence-corrected chi connectivity index (χ2v) is 6.33. The molecule has 0 fully saturated rings. The predicted molar refractivity (Wildman–Crippen MR) is 105 cm³/mol. The standard InChI is InChI=1S/C21H20N4O3/c1-3-27-15-9-10-17-16(11-15)13(2)19(23-17)20(26)22-12-18-24-21(28-25-18)14-7-5-4-6-8-14/h4-11,23H,3,12H2,1-2H3,(H,22,26). The third kappa shape index (κ3) is 3.46. The zero-order chi connectivity index (χ0) is 19.5. The molecule has 2 N–H and O–H groups in total. The molecule has 0 saturated carbocycles. The molecule has 0 aliphatic heterocycles. The van der Waals surface area contributed by atoms with Crippen LogP contribution in [-0.2, 0) is 6.54 Å². The number of aromatic amines is 1. The molecular weight excluding hydrogens is 356 g/mol. The first-order valence-electron chi connectivity index (χ1n) is 9.07. The first-order chi connectivity index (χ1) is 13.7. The SMILES string of the molecule is CCOc1ccc2[nH]c(C(=O)NCc3noc(-c4ccccc4)n3)c(C)c2c1. The van der Waals surface area contributed by atoms with Gasteiger partial charge in [0.2, 0.25) is 0 Å². The van der Waals surface area contributed by atoms with Crippen LogP contribution in [0.15, 0.2) is 53.1 Å². The van der Waals surface area contributed by atoms with E-state index in [0.717, 1.165) is 27.8 Å². The Morgan fingerprint density at radius 3 is 2.82 bits per heavy atom. The topological polar surface area (TPSA) is 93.0 Å². The summed E-state index contributed by atoms with van der Waals surface area (Å²) in [7, 11) is 0. The highest BCUT2D eigenvalue weighted by molar-refractivity contribution is 6.01. The highest BCUT2D eigenvalue weighted by Gasteiger charge is 2.16. The Balaban J connectivity index is 1.48. The van der Waals surface area contributed by atoms with Crippen LogP contribution in [0.3, 0.4) is 0 Å². The normalized spacial score (nSPS) is 10.9. The van der Waals surface area contributed by atoms with Crippen molar-refractivity contribution in [2.45, 2.75) is 20.4 Å². The summed E-state index contributed by atoms with van der Waals surface area (Å²) in [6, 6.07) is 15.2. The average molecular weight is 376 g/mol. The third-order valence-corrected chi connectivity index (χ3v) is 4.46. The van der Waals surface area contributed by atoms with Gasteiger partial charge in [0.05, 0.1) is 13.2 Å². The Morgan fingerprint density at radius 2 is 2.04 bits per heavy atom. The van der Waals surface area contributed by atoms with Crippen molar-refractivity contribution >= 4 is 16.8 Å². The molecule has 0 aliphatic carbocycles. The molecule has 2 heterocycles. The highest BCUT2D eigenvalue weighted by atomic mass is 16.5. The van der Waals surface area contributed by atoms with Crippen molar-refractivity contribution in [3.63, 3.8) is 0 Å². The van der Waals surface area contributed by atoms with Gasteiger partial charge in [-0.2, -0.15) is 4.98 Å². The van der Waals surface area contributed by atoms with Crippen LogP contribution in [0.1, 0.15) is 28.8 Å². The quantitative estimate of drug-likeness (QED) is 0.533. The molecule has 0 atom stereocenters. The number of ether oxygens (including phenoxy) is 1. The summed E-state index contributed by atoms with van der Waals surface area (Å²) in [6.07, 6.45) is 0. The number of carbonyl (C=O) groups is 1. The van der Waals surface area contributed by atoms with Gasteiger partial charge in [0.25, 0.3) is 11.8 Å². The van der Waals surface area contributed by atoms with Crippen molar-refractivity contribution in [1.29, 1.82) is 0 Å². The summed E-state index contributed by atoms with van der Waals surface area (Å²) in [6.45, 7) is 4.62. The van der Waals surface area contributed by atoms with Crippen LogP contribution in [0.4, 0.5) is 0 Å². The van der Waals surface area contributed by atoms with E-state index in [9.17, 15) is 4.79 Å². The first kappa shape index (κ1) is 17.8. The van der Waals surface area contributed by atoms with E-state index in [1.807, 2.05) is 62.4 Å². The Hall–Kier alpha value is -3.61. The lowest BCUT2D eigenvalue weighted by atomic mass is 10.1. The zero-order valence-corrected chi connectivity index (χ0v) is 15.7. The number of amides is 1. The number of carbonyl (C=O) groups excluding carboxylic acids is 1. The maximum absolute atomic E-state index is 12.6. The molecule has 7 heteroatoms. The number of rotatable bonds is 6. The molecule has 0 unspecified atom stereocenters. The van der Waals surface area contributed by atoms with Gasteiger partial charge in [-0.1, -0.05) is 23.4 Å². The molecule has 0 radical (unpaired) electrons. The Bertz CT molecular complexity index is 1120. The Labute approximate surface area is 161 Å². The van der Waals surface area contributed by atoms with Gasteiger partial charge in [-0.25, -0.2) is 0 Å². The number of hydrogen-bond acceptors (Lipinski definition) is 5. The van der Waals surface area contributed by atoms with Crippen molar-refractivity contribution in [2.75, 3.05) is 6.61 Å². The molecule has 7 nitrogen and oxygen atoms in total. The number of hydrogen-bond donors (Lipinski definition) is 2. The van der Waals surface area contributed by atoms with E-state index in [0.29, 0.717) is 24.0 Å². The van der Waals surface area contributed by atoms with Gasteiger partial charge in [-0.3, -0.25) is 4.79 Å². The second-order valence-electron chi connectivity index (χ2n) is 6.33. The lowest BCUT2D eigenvalue weighted by Gasteiger charge is -2.02. The molecule has 4 aromatic rings. The number of H-pyrrole nitrogens is 1. The maximum atomic E-state index is 12.6. The zero-order valence-electron chi connectivity index (χ0n) is 15.7. The number of benzene rings is 2. The minimum atomic E-state index is -0.224. The molecule has 0 saturated heterocycles. The fourth-order valence-electron chi connectivity index (χ4n) is 3.06. The van der Waals surface area contributed by atoms with Crippen molar-refractivity contribution in [2.24, 2.45) is 0 Å². The van der Waals surface area contributed by atoms with Crippen LogP contribution < -0.4 is 10.1 Å². The van der Waals surface area contributed by atoms with Gasteiger partial charge < -0.3 is 19.6 Å². The monoisotopic (exact) mass is 376 g/mol. The number of aromatic nitrogens is 3. The van der Waals surface area contributed by atoms with E-state index >= 15 is 0 Å². The van der Waals surface area contributed by atoms with Gasteiger partial charge >= 0.3 is 0 Å². The summed E-state index contributed by atoms with van der Waals surface area (Å²) in [5, 5.41) is 7.72. The van der Waals surface area contributed by atoms with Crippen LogP contribution in [0.5, 0.6) is 5.75 Å². The molecule has 2 aromatic carbocycles. The molecule has 0 spiro atoms. The molecule has 4 rings (SSSR count). The summed E-state index contributed by atoms with van der Waals surface area (Å²) in [4.78, 5) is 20.1. The number of nitrogens with zero attached hydrogens (tertiary/aromatic N) is 2. The van der Waals surface area contributed by atoms with Crippen molar-refractivity contribution < 1.29 is 14.1 Å². The van der Waals surface area contributed by atoms with E-state index in [-0.39, 0.29) is 12.5 Å². The highest BCUT2D eigenvalue weighted by Crippen LogP contribution is 2.26. The van der Waals surface area contributed by atoms with Crippen LogP contribution >= 0.6 is 0 Å². The number of aryl methyl sites for hydroxylation is 1. The lowest BCUT2D eigenvalue weighted by molar-refractivity contribution is 0.0945. The Kier molecular flexibility index (Phi) is 4.80. The molecular formula is C21H20N4O3. The first-order valence-corrected chi connectivity index (χ1v) is 9.07. The summed E-state index contributed by atoms with van der Waals surface area (Å²) < 4.78 is 10.8. The molecule has 1 amide bonds. The smallest absolute Gasteiger partial charge is 0.268 e. The van der Waals surface area contributed by atoms with Gasteiger partial charge in [-0.15, -0.1) is 0 Å². The van der Waals surface area contributed by atoms with E-state index in [2.05, 4.69) is 20.4 Å². The van der Waals surface area contributed by atoms with E-state index in [1.165, 1.54) is 0 Å². The van der Waals surface area contributed by atoms with E-state index in [1.54, 1.807) is 0 Å². The van der Waals surface area contributed by atoms with Gasteiger partial charge in [-0.05, 0) is 49.7 Å². The summed E-state index contributed by atoms with van der Waals surface area (Å²) >= 11 is 0. The second kappa shape index (κ2) is 7.56. The molecule has 0 aliphatic rings. The molecule has 28 heavy (non-hydrogen) atoms. The summed E-state index contributed by atoms with van der Waals surface area (Å²) in [5.41, 5.74) is 3.10. The van der Waals surface area contributed by atoms with Crippen molar-refractivity contribution in [3.8, 4) is 17.2 Å². The van der Waals surface area contributed by atoms with Gasteiger partial charge in [0, 0.05) is 16.5 Å². The Morgan fingerprint density at radius 1 is 1.21 bits per heavy atom. The fraction of sp³-hybridized carbons (Fsp3) is 0.190. The average Bonchev–Trinajstić information content (AvgIpc) is 3.32. The third-order valence-electron chi connectivity index (χ3n) is 4.46. The molecule has 2 aromatic heterocycles. The summed E-state index contributed by atoms with van der Waals surface area (Å²) in [5.74, 6) is 1.40. The van der Waals surface area contributed by atoms with Crippen molar-refractivity contribution in [3.05, 3.63) is 65.6 Å².